The predicted molar refractivity (Wildman–Crippen MR) is 129 cm³/mol. The summed E-state index contributed by atoms with van der Waals surface area (Å²) >= 11 is 3.19. The molecule has 0 amide bonds. The molecule has 2 heterocycles. The van der Waals surface area contributed by atoms with E-state index in [0.29, 0.717) is 16.5 Å². The van der Waals surface area contributed by atoms with Gasteiger partial charge in [0.1, 0.15) is 4.83 Å². The molecule has 5 rings (SSSR count). The highest BCUT2D eigenvalue weighted by atomic mass is 32.2. The van der Waals surface area contributed by atoms with E-state index in [2.05, 4.69) is 0 Å². The standard InChI is InChI=1S/C25H22N2O3S2/c1-15-5-3-6-18(13-15)27-23(28)21-19-7-4-8-20(19)32-22(21)26-25(27)31-14-16-9-11-17(12-10-16)24(29)30-2/h3,5-6,9-13H,4,7-8,14H2,1-2H3. The van der Waals surface area contributed by atoms with E-state index >= 15 is 0 Å². The summed E-state index contributed by atoms with van der Waals surface area (Å²) in [7, 11) is 1.37. The van der Waals surface area contributed by atoms with Crippen molar-refractivity contribution in [2.75, 3.05) is 7.11 Å². The van der Waals surface area contributed by atoms with Gasteiger partial charge in [0.2, 0.25) is 0 Å². The molecule has 1 aliphatic rings. The van der Waals surface area contributed by atoms with Crippen LogP contribution < -0.4 is 5.56 Å². The summed E-state index contributed by atoms with van der Waals surface area (Å²) in [6.45, 7) is 2.03. The van der Waals surface area contributed by atoms with Gasteiger partial charge in [0.15, 0.2) is 5.16 Å². The number of hydrogen-bond acceptors (Lipinski definition) is 6. The van der Waals surface area contributed by atoms with Gasteiger partial charge in [0.25, 0.3) is 5.56 Å². The lowest BCUT2D eigenvalue weighted by Crippen LogP contribution is -2.22. The van der Waals surface area contributed by atoms with Gasteiger partial charge in [-0.2, -0.15) is 0 Å². The molecule has 0 saturated carbocycles. The molecule has 0 saturated heterocycles. The minimum Gasteiger partial charge on any atom is -0.465 e. The molecule has 0 atom stereocenters. The van der Waals surface area contributed by atoms with Crippen LogP contribution in [0.2, 0.25) is 0 Å². The van der Waals surface area contributed by atoms with Gasteiger partial charge in [-0.05, 0) is 67.1 Å². The third-order valence-electron chi connectivity index (χ3n) is 5.71. The summed E-state index contributed by atoms with van der Waals surface area (Å²) in [6.07, 6.45) is 3.10. The number of aromatic nitrogens is 2. The van der Waals surface area contributed by atoms with E-state index in [0.717, 1.165) is 46.3 Å². The SMILES string of the molecule is COC(=O)c1ccc(CSc2nc3sc4c(c3c(=O)n2-c2cccc(C)c2)CCC4)cc1. The zero-order valence-corrected chi connectivity index (χ0v) is 19.5. The van der Waals surface area contributed by atoms with Crippen molar-refractivity contribution in [3.63, 3.8) is 0 Å². The Morgan fingerprint density at radius 1 is 1.19 bits per heavy atom. The summed E-state index contributed by atoms with van der Waals surface area (Å²) in [5.41, 5.74) is 4.71. The lowest BCUT2D eigenvalue weighted by molar-refractivity contribution is 0.0600. The molecule has 0 radical (unpaired) electrons. The van der Waals surface area contributed by atoms with Crippen molar-refractivity contribution >= 4 is 39.3 Å². The first-order chi connectivity index (χ1) is 15.5. The van der Waals surface area contributed by atoms with Crippen LogP contribution >= 0.6 is 23.1 Å². The van der Waals surface area contributed by atoms with Crippen molar-refractivity contribution in [2.24, 2.45) is 0 Å². The summed E-state index contributed by atoms with van der Waals surface area (Å²) in [5, 5.41) is 1.47. The Hall–Kier alpha value is -2.90. The lowest BCUT2D eigenvalue weighted by atomic mass is 10.1. The van der Waals surface area contributed by atoms with Gasteiger partial charge in [-0.25, -0.2) is 9.78 Å². The third kappa shape index (κ3) is 3.76. The normalized spacial score (nSPS) is 12.8. The predicted octanol–water partition coefficient (Wildman–Crippen LogP) is 5.32. The molecular weight excluding hydrogens is 440 g/mol. The van der Waals surface area contributed by atoms with Crippen LogP contribution in [-0.4, -0.2) is 22.6 Å². The maximum absolute atomic E-state index is 13.7. The van der Waals surface area contributed by atoms with Crippen LogP contribution in [-0.2, 0) is 23.3 Å². The van der Waals surface area contributed by atoms with Gasteiger partial charge in [-0.3, -0.25) is 9.36 Å². The highest BCUT2D eigenvalue weighted by Gasteiger charge is 2.24. The van der Waals surface area contributed by atoms with Crippen molar-refractivity contribution in [3.05, 3.63) is 86.0 Å². The number of carbonyl (C=O) groups excluding carboxylic acids is 1. The highest BCUT2D eigenvalue weighted by molar-refractivity contribution is 7.98. The first kappa shape index (κ1) is 21.0. The average molecular weight is 463 g/mol. The van der Waals surface area contributed by atoms with Crippen LogP contribution in [0.15, 0.2) is 58.5 Å². The Morgan fingerprint density at radius 3 is 2.75 bits per heavy atom. The molecule has 0 bridgehead atoms. The minimum atomic E-state index is -0.352. The molecule has 0 fully saturated rings. The monoisotopic (exact) mass is 462 g/mol. The van der Waals surface area contributed by atoms with Crippen molar-refractivity contribution in [1.29, 1.82) is 0 Å². The summed E-state index contributed by atoms with van der Waals surface area (Å²) in [5.74, 6) is 0.284. The van der Waals surface area contributed by atoms with Crippen LogP contribution in [0.5, 0.6) is 0 Å². The van der Waals surface area contributed by atoms with Crippen molar-refractivity contribution in [2.45, 2.75) is 37.1 Å². The van der Waals surface area contributed by atoms with E-state index in [4.69, 9.17) is 9.72 Å². The summed E-state index contributed by atoms with van der Waals surface area (Å²) in [6, 6.07) is 15.3. The van der Waals surface area contributed by atoms with Crippen molar-refractivity contribution < 1.29 is 9.53 Å². The number of thiophene rings is 1. The molecule has 0 spiro atoms. The number of hydrogen-bond donors (Lipinski definition) is 0. The molecule has 0 aliphatic heterocycles. The summed E-state index contributed by atoms with van der Waals surface area (Å²) in [4.78, 5) is 32.5. The van der Waals surface area contributed by atoms with Crippen LogP contribution in [0.1, 0.15) is 38.3 Å². The van der Waals surface area contributed by atoms with Gasteiger partial charge >= 0.3 is 5.97 Å². The Balaban J connectivity index is 1.56. The zero-order valence-electron chi connectivity index (χ0n) is 17.9. The topological polar surface area (TPSA) is 61.2 Å². The second-order valence-electron chi connectivity index (χ2n) is 7.89. The fourth-order valence-corrected chi connectivity index (χ4v) is 6.39. The molecule has 5 nitrogen and oxygen atoms in total. The van der Waals surface area contributed by atoms with Gasteiger partial charge in [-0.15, -0.1) is 11.3 Å². The zero-order chi connectivity index (χ0) is 22.2. The molecule has 32 heavy (non-hydrogen) atoms. The van der Waals surface area contributed by atoms with E-state index in [1.54, 1.807) is 28.0 Å². The van der Waals surface area contributed by atoms with E-state index in [-0.39, 0.29) is 11.5 Å². The number of esters is 1. The maximum atomic E-state index is 13.7. The fraction of sp³-hybridized carbons (Fsp3) is 0.240. The largest absolute Gasteiger partial charge is 0.465 e. The van der Waals surface area contributed by atoms with Crippen LogP contribution in [0, 0.1) is 6.92 Å². The quantitative estimate of drug-likeness (QED) is 0.228. The van der Waals surface area contributed by atoms with Gasteiger partial charge in [-0.1, -0.05) is 36.0 Å². The molecule has 4 aromatic rings. The minimum absolute atomic E-state index is 0.0172. The van der Waals surface area contributed by atoms with E-state index in [9.17, 15) is 9.59 Å². The van der Waals surface area contributed by atoms with E-state index in [1.807, 2.05) is 43.3 Å². The smallest absolute Gasteiger partial charge is 0.337 e. The Kier molecular flexibility index (Phi) is 5.61. The number of aryl methyl sites for hydroxylation is 3. The molecule has 1 aliphatic carbocycles. The van der Waals surface area contributed by atoms with Crippen molar-refractivity contribution in [1.82, 2.24) is 9.55 Å². The van der Waals surface area contributed by atoms with Crippen LogP contribution in [0.3, 0.4) is 0 Å². The Bertz CT molecular complexity index is 1390. The number of carbonyl (C=O) groups is 1. The first-order valence-corrected chi connectivity index (χ1v) is 12.3. The van der Waals surface area contributed by atoms with Gasteiger partial charge < -0.3 is 4.74 Å². The number of ether oxygens (including phenoxy) is 1. The second-order valence-corrected chi connectivity index (χ2v) is 9.91. The van der Waals surface area contributed by atoms with Crippen LogP contribution in [0.25, 0.3) is 15.9 Å². The number of methoxy groups -OCH3 is 1. The molecule has 2 aromatic heterocycles. The number of rotatable bonds is 5. The van der Waals surface area contributed by atoms with Gasteiger partial charge in [0, 0.05) is 10.6 Å². The first-order valence-electron chi connectivity index (χ1n) is 10.5. The van der Waals surface area contributed by atoms with Gasteiger partial charge in [0.05, 0.1) is 23.7 Å². The Morgan fingerprint density at radius 2 is 2.00 bits per heavy atom. The number of nitrogens with zero attached hydrogens (tertiary/aromatic N) is 2. The number of thioether (sulfide) groups is 1. The molecular formula is C25H22N2O3S2. The second kappa shape index (κ2) is 8.56. The summed E-state index contributed by atoms with van der Waals surface area (Å²) < 4.78 is 6.53. The van der Waals surface area contributed by atoms with E-state index < -0.39 is 0 Å². The molecule has 2 aromatic carbocycles. The third-order valence-corrected chi connectivity index (χ3v) is 7.91. The lowest BCUT2D eigenvalue weighted by Gasteiger charge is -2.13. The van der Waals surface area contributed by atoms with Crippen molar-refractivity contribution in [3.8, 4) is 5.69 Å². The molecule has 162 valence electrons. The molecule has 0 unspecified atom stereocenters. The molecule has 7 heteroatoms. The number of benzene rings is 2. The number of fused-ring (bicyclic) bond motifs is 3. The molecule has 0 N–H and O–H groups in total. The van der Waals surface area contributed by atoms with E-state index in [1.165, 1.54) is 29.3 Å². The van der Waals surface area contributed by atoms with Crippen LogP contribution in [0.4, 0.5) is 0 Å². The highest BCUT2D eigenvalue weighted by Crippen LogP contribution is 2.36. The Labute approximate surface area is 194 Å². The maximum Gasteiger partial charge on any atom is 0.337 e. The fourth-order valence-electron chi connectivity index (χ4n) is 4.12. The average Bonchev–Trinajstić information content (AvgIpc) is 3.38.